The second-order valence-electron chi connectivity index (χ2n) is 9.61. The summed E-state index contributed by atoms with van der Waals surface area (Å²) in [5.74, 6) is 0.149. The highest BCUT2D eigenvalue weighted by molar-refractivity contribution is 5.88. The van der Waals surface area contributed by atoms with Crippen molar-refractivity contribution in [1.29, 1.82) is 0 Å². The molecule has 8 heteroatoms. The summed E-state index contributed by atoms with van der Waals surface area (Å²) in [4.78, 5) is 36.6. The monoisotopic (exact) mass is 423 g/mol. The Kier molecular flexibility index (Phi) is 8.48. The molecule has 0 saturated heterocycles. The van der Waals surface area contributed by atoms with Crippen molar-refractivity contribution >= 4 is 11.8 Å². The maximum atomic E-state index is 13.1. The van der Waals surface area contributed by atoms with Crippen molar-refractivity contribution in [3.8, 4) is 0 Å². The van der Waals surface area contributed by atoms with Gasteiger partial charge in [-0.3, -0.25) is 19.7 Å². The molecule has 3 aliphatic carbocycles. The lowest BCUT2D eigenvalue weighted by atomic mass is 9.82. The normalized spacial score (nSPS) is 31.5. The molecule has 0 spiro atoms. The smallest absolute Gasteiger partial charge is 0.242 e. The van der Waals surface area contributed by atoms with Gasteiger partial charge in [0.15, 0.2) is 0 Å². The largest absolute Gasteiger partial charge is 0.393 e. The van der Waals surface area contributed by atoms with Crippen LogP contribution in [0.25, 0.3) is 0 Å². The molecule has 8 nitrogen and oxygen atoms in total. The van der Waals surface area contributed by atoms with Crippen LogP contribution in [0.3, 0.4) is 0 Å². The highest BCUT2D eigenvalue weighted by Gasteiger charge is 2.33. The number of nitro groups is 1. The number of hydrogen-bond acceptors (Lipinski definition) is 5. The molecule has 0 aliphatic heterocycles. The SMILES string of the molecule is O=C(NC(CC1CCC(O)CC1)C(=O)NC1CCC([N+](=O)[O-])CC1)C1CCCCC1. The van der Waals surface area contributed by atoms with Gasteiger partial charge >= 0.3 is 0 Å². The Balaban J connectivity index is 1.57. The van der Waals surface area contributed by atoms with Gasteiger partial charge in [-0.15, -0.1) is 0 Å². The standard InChI is InChI=1S/C22H37N3O5/c26-19-12-6-15(7-13-19)14-20(24-21(27)16-4-2-1-3-5-16)22(28)23-17-8-10-18(11-9-17)25(29)30/h15-20,26H,1-14H2,(H,23,28)(H,24,27). The molecule has 0 radical (unpaired) electrons. The van der Waals surface area contributed by atoms with E-state index < -0.39 is 12.1 Å². The molecule has 3 aliphatic rings. The van der Waals surface area contributed by atoms with Crippen LogP contribution in [0.15, 0.2) is 0 Å². The first kappa shape index (κ1) is 23.0. The van der Waals surface area contributed by atoms with Crippen LogP contribution in [-0.4, -0.2) is 46.1 Å². The lowest BCUT2D eigenvalue weighted by molar-refractivity contribution is -0.526. The molecule has 3 rings (SSSR count). The predicted molar refractivity (Wildman–Crippen MR) is 112 cm³/mol. The highest BCUT2D eigenvalue weighted by atomic mass is 16.6. The number of hydrogen-bond donors (Lipinski definition) is 3. The number of aliphatic hydroxyl groups is 1. The topological polar surface area (TPSA) is 122 Å². The summed E-state index contributed by atoms with van der Waals surface area (Å²) in [6.07, 6.45) is 10.9. The first-order valence-electron chi connectivity index (χ1n) is 11.8. The van der Waals surface area contributed by atoms with Crippen molar-refractivity contribution in [2.24, 2.45) is 11.8 Å². The molecule has 3 N–H and O–H groups in total. The number of carbonyl (C=O) groups is 2. The van der Waals surface area contributed by atoms with E-state index in [1.54, 1.807) is 0 Å². The second-order valence-corrected chi connectivity index (χ2v) is 9.61. The Bertz CT molecular complexity index is 592. The van der Waals surface area contributed by atoms with E-state index in [9.17, 15) is 24.8 Å². The third kappa shape index (κ3) is 6.65. The summed E-state index contributed by atoms with van der Waals surface area (Å²) >= 11 is 0. The molecule has 3 saturated carbocycles. The Morgan fingerprint density at radius 1 is 0.933 bits per heavy atom. The first-order valence-corrected chi connectivity index (χ1v) is 11.8. The predicted octanol–water partition coefficient (Wildman–Crippen LogP) is 2.70. The molecule has 0 heterocycles. The molecule has 0 aromatic heterocycles. The van der Waals surface area contributed by atoms with Gasteiger partial charge in [0.25, 0.3) is 0 Å². The molecule has 0 aromatic carbocycles. The number of carbonyl (C=O) groups excluding carboxylic acids is 2. The van der Waals surface area contributed by atoms with E-state index >= 15 is 0 Å². The lowest BCUT2D eigenvalue weighted by Crippen LogP contribution is -2.52. The van der Waals surface area contributed by atoms with Crippen molar-refractivity contribution in [1.82, 2.24) is 10.6 Å². The molecule has 0 aromatic rings. The fourth-order valence-electron chi connectivity index (χ4n) is 5.33. The minimum absolute atomic E-state index is 0.00208. The van der Waals surface area contributed by atoms with Crippen LogP contribution < -0.4 is 10.6 Å². The summed E-state index contributed by atoms with van der Waals surface area (Å²) in [6.45, 7) is 0. The summed E-state index contributed by atoms with van der Waals surface area (Å²) in [5, 5.41) is 26.8. The van der Waals surface area contributed by atoms with Gasteiger partial charge in [0.2, 0.25) is 17.9 Å². The van der Waals surface area contributed by atoms with Gasteiger partial charge < -0.3 is 15.7 Å². The van der Waals surface area contributed by atoms with Crippen LogP contribution in [0.1, 0.15) is 89.9 Å². The summed E-state index contributed by atoms with van der Waals surface area (Å²) in [5.41, 5.74) is 0. The maximum absolute atomic E-state index is 13.1. The van der Waals surface area contributed by atoms with Crippen molar-refractivity contribution < 1.29 is 19.6 Å². The molecular formula is C22H37N3O5. The Hall–Kier alpha value is -1.70. The lowest BCUT2D eigenvalue weighted by Gasteiger charge is -2.32. The van der Waals surface area contributed by atoms with Crippen molar-refractivity contribution in [3.63, 3.8) is 0 Å². The quantitative estimate of drug-likeness (QED) is 0.429. The van der Waals surface area contributed by atoms with E-state index in [0.717, 1.165) is 51.4 Å². The van der Waals surface area contributed by atoms with Crippen LogP contribution in [0.4, 0.5) is 0 Å². The zero-order valence-electron chi connectivity index (χ0n) is 17.9. The van der Waals surface area contributed by atoms with Crippen molar-refractivity contribution in [2.75, 3.05) is 0 Å². The first-order chi connectivity index (χ1) is 14.4. The molecular weight excluding hydrogens is 386 g/mol. The van der Waals surface area contributed by atoms with E-state index in [0.29, 0.717) is 38.0 Å². The fourth-order valence-corrected chi connectivity index (χ4v) is 5.33. The zero-order chi connectivity index (χ0) is 21.5. The minimum atomic E-state index is -0.562. The zero-order valence-corrected chi connectivity index (χ0v) is 17.9. The van der Waals surface area contributed by atoms with Gasteiger partial charge in [0, 0.05) is 29.7 Å². The summed E-state index contributed by atoms with van der Waals surface area (Å²) < 4.78 is 0. The van der Waals surface area contributed by atoms with E-state index in [-0.39, 0.29) is 34.8 Å². The van der Waals surface area contributed by atoms with E-state index in [2.05, 4.69) is 10.6 Å². The Labute approximate surface area is 178 Å². The van der Waals surface area contributed by atoms with Gasteiger partial charge in [0.1, 0.15) is 6.04 Å². The highest BCUT2D eigenvalue weighted by Crippen LogP contribution is 2.29. The summed E-state index contributed by atoms with van der Waals surface area (Å²) in [6, 6.07) is -1.13. The van der Waals surface area contributed by atoms with Gasteiger partial charge in [-0.1, -0.05) is 19.3 Å². The number of amides is 2. The van der Waals surface area contributed by atoms with Crippen LogP contribution in [0.2, 0.25) is 0 Å². The Morgan fingerprint density at radius 3 is 2.17 bits per heavy atom. The maximum Gasteiger partial charge on any atom is 0.242 e. The average Bonchev–Trinajstić information content (AvgIpc) is 2.75. The van der Waals surface area contributed by atoms with Crippen LogP contribution in [0, 0.1) is 22.0 Å². The number of rotatable bonds is 7. The number of aliphatic hydroxyl groups excluding tert-OH is 1. The minimum Gasteiger partial charge on any atom is -0.393 e. The molecule has 170 valence electrons. The second kappa shape index (κ2) is 11.1. The Morgan fingerprint density at radius 2 is 1.57 bits per heavy atom. The fraction of sp³-hybridized carbons (Fsp3) is 0.909. The number of nitrogens with zero attached hydrogens (tertiary/aromatic N) is 1. The van der Waals surface area contributed by atoms with E-state index in [1.165, 1.54) is 6.42 Å². The summed E-state index contributed by atoms with van der Waals surface area (Å²) in [7, 11) is 0. The molecule has 2 amide bonds. The van der Waals surface area contributed by atoms with Gasteiger partial charge in [-0.25, -0.2) is 0 Å². The average molecular weight is 424 g/mol. The third-order valence-corrected chi connectivity index (χ3v) is 7.34. The van der Waals surface area contributed by atoms with Gasteiger partial charge in [-0.2, -0.15) is 0 Å². The van der Waals surface area contributed by atoms with Gasteiger partial charge in [-0.05, 0) is 63.7 Å². The third-order valence-electron chi connectivity index (χ3n) is 7.34. The van der Waals surface area contributed by atoms with Crippen molar-refractivity contribution in [2.45, 2.75) is 114 Å². The molecule has 1 atom stereocenters. The van der Waals surface area contributed by atoms with Crippen LogP contribution in [-0.2, 0) is 9.59 Å². The van der Waals surface area contributed by atoms with E-state index in [1.807, 2.05) is 0 Å². The number of nitrogens with one attached hydrogen (secondary N) is 2. The molecule has 30 heavy (non-hydrogen) atoms. The van der Waals surface area contributed by atoms with E-state index in [4.69, 9.17) is 0 Å². The van der Waals surface area contributed by atoms with Crippen LogP contribution >= 0.6 is 0 Å². The molecule has 3 fully saturated rings. The molecule has 1 unspecified atom stereocenters. The molecule has 0 bridgehead atoms. The van der Waals surface area contributed by atoms with Crippen molar-refractivity contribution in [3.05, 3.63) is 10.1 Å². The van der Waals surface area contributed by atoms with Crippen LogP contribution in [0.5, 0.6) is 0 Å². The van der Waals surface area contributed by atoms with Gasteiger partial charge in [0.05, 0.1) is 6.10 Å².